The SMILES string of the molecule is O=C(NCc1ccncc1)Nc1ccc(S(=O)(=O)Nc2ccc(Cl)cc2)cc1. The van der Waals surface area contributed by atoms with Crippen molar-refractivity contribution in [1.82, 2.24) is 10.3 Å². The Hall–Kier alpha value is -3.10. The first-order valence-electron chi connectivity index (χ1n) is 8.24. The highest BCUT2D eigenvalue weighted by Gasteiger charge is 2.14. The summed E-state index contributed by atoms with van der Waals surface area (Å²) in [6.45, 7) is 0.353. The minimum atomic E-state index is -3.74. The lowest BCUT2D eigenvalue weighted by atomic mass is 10.3. The lowest BCUT2D eigenvalue weighted by molar-refractivity contribution is 0.251. The number of hydrogen-bond acceptors (Lipinski definition) is 4. The van der Waals surface area contributed by atoms with E-state index < -0.39 is 16.1 Å². The molecule has 0 unspecified atom stereocenters. The fraction of sp³-hybridized carbons (Fsp3) is 0.0526. The van der Waals surface area contributed by atoms with E-state index in [2.05, 4.69) is 20.3 Å². The first-order chi connectivity index (χ1) is 13.4. The van der Waals surface area contributed by atoms with Crippen LogP contribution in [0.4, 0.5) is 16.2 Å². The third kappa shape index (κ3) is 5.45. The molecule has 0 spiro atoms. The number of nitrogens with one attached hydrogen (secondary N) is 3. The number of benzene rings is 2. The molecule has 0 saturated carbocycles. The predicted molar refractivity (Wildman–Crippen MR) is 109 cm³/mol. The molecular weight excluding hydrogens is 400 g/mol. The molecule has 1 aromatic heterocycles. The zero-order chi connectivity index (χ0) is 20.0. The molecule has 3 rings (SSSR count). The van der Waals surface area contributed by atoms with Gasteiger partial charge in [0.25, 0.3) is 10.0 Å². The van der Waals surface area contributed by atoms with Gasteiger partial charge in [0.2, 0.25) is 0 Å². The molecule has 0 fully saturated rings. The lowest BCUT2D eigenvalue weighted by Gasteiger charge is -2.10. The summed E-state index contributed by atoms with van der Waals surface area (Å²) in [5.41, 5.74) is 1.79. The van der Waals surface area contributed by atoms with E-state index in [0.717, 1.165) is 5.56 Å². The Bertz CT molecular complexity index is 1040. The van der Waals surface area contributed by atoms with E-state index >= 15 is 0 Å². The molecule has 0 atom stereocenters. The van der Waals surface area contributed by atoms with Crippen molar-refractivity contribution >= 4 is 39.0 Å². The van der Waals surface area contributed by atoms with Crippen molar-refractivity contribution < 1.29 is 13.2 Å². The zero-order valence-electron chi connectivity index (χ0n) is 14.6. The van der Waals surface area contributed by atoms with Gasteiger partial charge in [-0.05, 0) is 66.2 Å². The van der Waals surface area contributed by atoms with E-state index in [-0.39, 0.29) is 4.90 Å². The second-order valence-corrected chi connectivity index (χ2v) is 7.92. The highest BCUT2D eigenvalue weighted by atomic mass is 35.5. The summed E-state index contributed by atoms with van der Waals surface area (Å²) in [5.74, 6) is 0. The van der Waals surface area contributed by atoms with Gasteiger partial charge in [-0.2, -0.15) is 0 Å². The van der Waals surface area contributed by atoms with Gasteiger partial charge in [-0.15, -0.1) is 0 Å². The van der Waals surface area contributed by atoms with Crippen LogP contribution < -0.4 is 15.4 Å². The molecule has 0 aliphatic carbocycles. The molecule has 28 heavy (non-hydrogen) atoms. The topological polar surface area (TPSA) is 100 Å². The number of carbonyl (C=O) groups is 1. The van der Waals surface area contributed by atoms with E-state index in [1.807, 2.05) is 0 Å². The normalized spacial score (nSPS) is 10.9. The van der Waals surface area contributed by atoms with Crippen LogP contribution in [0.1, 0.15) is 5.56 Å². The van der Waals surface area contributed by atoms with Gasteiger partial charge >= 0.3 is 6.03 Å². The fourth-order valence-electron chi connectivity index (χ4n) is 2.31. The van der Waals surface area contributed by atoms with Crippen molar-refractivity contribution in [2.24, 2.45) is 0 Å². The Labute approximate surface area is 167 Å². The summed E-state index contributed by atoms with van der Waals surface area (Å²) in [6, 6.07) is 15.4. The van der Waals surface area contributed by atoms with E-state index in [9.17, 15) is 13.2 Å². The quantitative estimate of drug-likeness (QED) is 0.568. The van der Waals surface area contributed by atoms with Gasteiger partial charge in [0.05, 0.1) is 4.90 Å². The Morgan fingerprint density at radius 2 is 1.50 bits per heavy atom. The molecule has 7 nitrogen and oxygen atoms in total. The third-order valence-electron chi connectivity index (χ3n) is 3.72. The number of anilines is 2. The van der Waals surface area contributed by atoms with Gasteiger partial charge in [-0.25, -0.2) is 13.2 Å². The average molecular weight is 417 g/mol. The maximum absolute atomic E-state index is 12.4. The summed E-state index contributed by atoms with van der Waals surface area (Å²) >= 11 is 5.80. The molecular formula is C19H17ClN4O3S. The van der Waals surface area contributed by atoms with Crippen molar-refractivity contribution in [2.75, 3.05) is 10.0 Å². The van der Waals surface area contributed by atoms with E-state index in [0.29, 0.717) is 22.9 Å². The standard InChI is InChI=1S/C19H17ClN4O3S/c20-15-1-3-17(4-2-15)24-28(26,27)18-7-5-16(6-8-18)23-19(25)22-13-14-9-11-21-12-10-14/h1-12,24H,13H2,(H2,22,23,25). The maximum Gasteiger partial charge on any atom is 0.319 e. The number of urea groups is 1. The Kier molecular flexibility index (Phi) is 6.13. The van der Waals surface area contributed by atoms with E-state index in [1.54, 1.807) is 48.8 Å². The maximum atomic E-state index is 12.4. The summed E-state index contributed by atoms with van der Waals surface area (Å²) < 4.78 is 27.3. The number of carbonyl (C=O) groups excluding carboxylic acids is 1. The van der Waals surface area contributed by atoms with Crippen LogP contribution in [0.2, 0.25) is 5.02 Å². The highest BCUT2D eigenvalue weighted by molar-refractivity contribution is 7.92. The van der Waals surface area contributed by atoms with Crippen LogP contribution in [0, 0.1) is 0 Å². The highest BCUT2D eigenvalue weighted by Crippen LogP contribution is 2.19. The second kappa shape index (κ2) is 8.73. The van der Waals surface area contributed by atoms with Gasteiger partial charge in [0.1, 0.15) is 0 Å². The lowest BCUT2D eigenvalue weighted by Crippen LogP contribution is -2.28. The molecule has 1 heterocycles. The molecule has 2 amide bonds. The minimum absolute atomic E-state index is 0.0743. The Morgan fingerprint density at radius 3 is 2.14 bits per heavy atom. The number of hydrogen-bond donors (Lipinski definition) is 3. The van der Waals surface area contributed by atoms with Crippen LogP contribution >= 0.6 is 11.6 Å². The zero-order valence-corrected chi connectivity index (χ0v) is 16.2. The number of aromatic nitrogens is 1. The average Bonchev–Trinajstić information content (AvgIpc) is 2.69. The van der Waals surface area contributed by atoms with Crippen molar-refractivity contribution in [3.8, 4) is 0 Å². The van der Waals surface area contributed by atoms with Gasteiger partial charge in [-0.1, -0.05) is 11.6 Å². The largest absolute Gasteiger partial charge is 0.334 e. The van der Waals surface area contributed by atoms with Crippen molar-refractivity contribution in [2.45, 2.75) is 11.4 Å². The van der Waals surface area contributed by atoms with Crippen LogP contribution in [-0.2, 0) is 16.6 Å². The first-order valence-corrected chi connectivity index (χ1v) is 10.1. The first kappa shape index (κ1) is 19.7. The molecule has 0 saturated heterocycles. The summed E-state index contributed by atoms with van der Waals surface area (Å²) in [4.78, 5) is 15.9. The van der Waals surface area contributed by atoms with Crippen molar-refractivity contribution in [3.05, 3.63) is 83.6 Å². The second-order valence-electron chi connectivity index (χ2n) is 5.80. The fourth-order valence-corrected chi connectivity index (χ4v) is 3.49. The number of rotatable bonds is 6. The van der Waals surface area contributed by atoms with Gasteiger partial charge in [0, 0.05) is 35.3 Å². The summed E-state index contributed by atoms with van der Waals surface area (Å²) in [7, 11) is -3.74. The van der Waals surface area contributed by atoms with Crippen molar-refractivity contribution in [1.29, 1.82) is 0 Å². The third-order valence-corrected chi connectivity index (χ3v) is 5.37. The molecule has 9 heteroatoms. The predicted octanol–water partition coefficient (Wildman–Crippen LogP) is 3.86. The van der Waals surface area contributed by atoms with Crippen LogP contribution in [0.25, 0.3) is 0 Å². The van der Waals surface area contributed by atoms with Crippen LogP contribution in [-0.4, -0.2) is 19.4 Å². The molecule has 144 valence electrons. The number of pyridine rings is 1. The smallest absolute Gasteiger partial charge is 0.319 e. The Morgan fingerprint density at radius 1 is 0.893 bits per heavy atom. The minimum Gasteiger partial charge on any atom is -0.334 e. The van der Waals surface area contributed by atoms with Gasteiger partial charge in [-0.3, -0.25) is 9.71 Å². The molecule has 2 aromatic carbocycles. The molecule has 0 aliphatic heterocycles. The molecule has 0 radical (unpaired) electrons. The van der Waals surface area contributed by atoms with Crippen LogP contribution in [0.3, 0.4) is 0 Å². The Balaban J connectivity index is 1.59. The van der Waals surface area contributed by atoms with E-state index in [4.69, 9.17) is 11.6 Å². The van der Waals surface area contributed by atoms with Gasteiger partial charge < -0.3 is 10.6 Å². The summed E-state index contributed by atoms with van der Waals surface area (Å²) in [5, 5.41) is 5.88. The number of nitrogens with zero attached hydrogens (tertiary/aromatic N) is 1. The van der Waals surface area contributed by atoms with Crippen molar-refractivity contribution in [3.63, 3.8) is 0 Å². The summed E-state index contributed by atoms with van der Waals surface area (Å²) in [6.07, 6.45) is 3.29. The molecule has 0 bridgehead atoms. The number of amides is 2. The van der Waals surface area contributed by atoms with Crippen LogP contribution in [0.5, 0.6) is 0 Å². The van der Waals surface area contributed by atoms with Crippen LogP contribution in [0.15, 0.2) is 78.0 Å². The van der Waals surface area contributed by atoms with E-state index in [1.165, 1.54) is 24.3 Å². The molecule has 3 N–H and O–H groups in total. The number of sulfonamides is 1. The van der Waals surface area contributed by atoms with Gasteiger partial charge in [0.15, 0.2) is 0 Å². The molecule has 3 aromatic rings. The molecule has 0 aliphatic rings. The number of halogens is 1. The monoisotopic (exact) mass is 416 g/mol.